The third kappa shape index (κ3) is 5.40. The van der Waals surface area contributed by atoms with Crippen LogP contribution in [0.3, 0.4) is 0 Å². The van der Waals surface area contributed by atoms with Crippen LogP contribution in [0.15, 0.2) is 28.0 Å². The first kappa shape index (κ1) is 23.1. The lowest BCUT2D eigenvalue weighted by Gasteiger charge is -2.15. The number of aromatic nitrogens is 2. The molecule has 31 heavy (non-hydrogen) atoms. The molecule has 0 saturated carbocycles. The van der Waals surface area contributed by atoms with E-state index in [1.165, 1.54) is 7.11 Å². The van der Waals surface area contributed by atoms with Gasteiger partial charge >= 0.3 is 11.9 Å². The molecule has 1 aromatic heterocycles. The first-order valence-corrected chi connectivity index (χ1v) is 10.6. The molecule has 0 aliphatic heterocycles. The second-order valence-corrected chi connectivity index (χ2v) is 7.92. The van der Waals surface area contributed by atoms with Crippen molar-refractivity contribution in [2.75, 3.05) is 24.8 Å². The fourth-order valence-corrected chi connectivity index (χ4v) is 4.34. The Morgan fingerprint density at radius 3 is 2.81 bits per heavy atom. The van der Waals surface area contributed by atoms with Gasteiger partial charge in [0.2, 0.25) is 5.91 Å². The van der Waals surface area contributed by atoms with Crippen molar-refractivity contribution in [1.82, 2.24) is 9.55 Å². The Morgan fingerprint density at radius 2 is 2.13 bits per heavy atom. The largest absolute Gasteiger partial charge is 0.495 e. The average molecular weight is 457 g/mol. The number of hydrogen-bond donors (Lipinski definition) is 2. The van der Waals surface area contributed by atoms with Crippen molar-refractivity contribution < 1.29 is 27.8 Å². The smallest absolute Gasteiger partial charge is 0.416 e. The van der Waals surface area contributed by atoms with Gasteiger partial charge in [-0.3, -0.25) is 9.36 Å². The summed E-state index contributed by atoms with van der Waals surface area (Å²) in [7, 11) is 1.30. The number of nitrogens with zero attached hydrogens (tertiary/aromatic N) is 2. The van der Waals surface area contributed by atoms with E-state index in [2.05, 4.69) is 10.3 Å². The highest BCUT2D eigenvalue weighted by atomic mass is 32.2. The summed E-state index contributed by atoms with van der Waals surface area (Å²) in [5, 5.41) is 11.9. The van der Waals surface area contributed by atoms with Crippen LogP contribution in [0, 0.1) is 0 Å². The highest BCUT2D eigenvalue weighted by molar-refractivity contribution is 8.00. The maximum atomic E-state index is 13.0. The third-order valence-electron chi connectivity index (χ3n) is 4.88. The van der Waals surface area contributed by atoms with Crippen molar-refractivity contribution in [3.05, 3.63) is 45.5 Å². The minimum atomic E-state index is -4.55. The summed E-state index contributed by atoms with van der Waals surface area (Å²) in [4.78, 5) is 28.9. The molecule has 0 saturated heterocycles. The number of amides is 1. The summed E-state index contributed by atoms with van der Waals surface area (Å²) in [5.41, 5.74) is 0.363. The van der Waals surface area contributed by atoms with E-state index in [1.807, 2.05) is 0 Å². The monoisotopic (exact) mass is 457 g/mol. The molecule has 1 aliphatic rings. The van der Waals surface area contributed by atoms with Crippen LogP contribution in [0.2, 0.25) is 0 Å². The molecule has 0 unspecified atom stereocenters. The minimum Gasteiger partial charge on any atom is -0.495 e. The van der Waals surface area contributed by atoms with Crippen LogP contribution in [0.5, 0.6) is 5.75 Å². The zero-order chi connectivity index (χ0) is 22.6. The molecular weight excluding hydrogens is 435 g/mol. The number of hydrogen-bond acceptors (Lipinski definition) is 6. The number of carbonyl (C=O) groups is 1. The van der Waals surface area contributed by atoms with Crippen molar-refractivity contribution in [2.45, 2.75) is 43.4 Å². The molecular formula is C20H22F3N3O4S. The molecule has 3 rings (SSSR count). The summed E-state index contributed by atoms with van der Waals surface area (Å²) in [6.07, 6.45) is -1.79. The van der Waals surface area contributed by atoms with Gasteiger partial charge in [-0.05, 0) is 43.9 Å². The normalized spacial score (nSPS) is 13.2. The molecule has 7 nitrogen and oxygen atoms in total. The van der Waals surface area contributed by atoms with E-state index in [4.69, 9.17) is 9.84 Å². The Kier molecular flexibility index (Phi) is 7.26. The lowest BCUT2D eigenvalue weighted by molar-refractivity contribution is -0.137. The summed E-state index contributed by atoms with van der Waals surface area (Å²) in [6, 6.07) is 2.84. The number of ether oxygens (including phenoxy) is 1. The minimum absolute atomic E-state index is 0.0309. The highest BCUT2D eigenvalue weighted by Crippen LogP contribution is 2.35. The van der Waals surface area contributed by atoms with Crippen molar-refractivity contribution in [1.29, 1.82) is 0 Å². The van der Waals surface area contributed by atoms with Gasteiger partial charge in [-0.25, -0.2) is 4.79 Å². The molecule has 0 atom stereocenters. The molecule has 1 heterocycles. The number of aliphatic hydroxyl groups excluding tert-OH is 1. The Balaban J connectivity index is 1.74. The van der Waals surface area contributed by atoms with Gasteiger partial charge in [0.15, 0.2) is 0 Å². The summed E-state index contributed by atoms with van der Waals surface area (Å²) in [5.74, 6) is -0.559. The first-order valence-electron chi connectivity index (χ1n) is 9.66. The van der Waals surface area contributed by atoms with Crippen molar-refractivity contribution in [3.8, 4) is 5.75 Å². The van der Waals surface area contributed by atoms with Gasteiger partial charge < -0.3 is 15.2 Å². The molecule has 1 amide bonds. The molecule has 0 spiro atoms. The lowest BCUT2D eigenvalue weighted by Crippen LogP contribution is -2.28. The second-order valence-electron chi connectivity index (χ2n) is 6.96. The Hall–Kier alpha value is -2.53. The average Bonchev–Trinajstić information content (AvgIpc) is 3.20. The molecule has 1 aliphatic carbocycles. The zero-order valence-electron chi connectivity index (χ0n) is 16.8. The zero-order valence-corrected chi connectivity index (χ0v) is 17.6. The molecule has 0 radical (unpaired) electrons. The van der Waals surface area contributed by atoms with Crippen molar-refractivity contribution in [2.24, 2.45) is 0 Å². The van der Waals surface area contributed by atoms with E-state index in [9.17, 15) is 22.8 Å². The molecule has 1 aromatic carbocycles. The molecule has 0 fully saturated rings. The van der Waals surface area contributed by atoms with Gasteiger partial charge in [0, 0.05) is 24.4 Å². The van der Waals surface area contributed by atoms with Gasteiger partial charge in [-0.1, -0.05) is 11.8 Å². The van der Waals surface area contributed by atoms with Gasteiger partial charge in [0.25, 0.3) is 0 Å². The van der Waals surface area contributed by atoms with E-state index >= 15 is 0 Å². The fourth-order valence-electron chi connectivity index (χ4n) is 3.47. The van der Waals surface area contributed by atoms with Gasteiger partial charge in [-0.15, -0.1) is 0 Å². The number of methoxy groups -OCH3 is 1. The standard InChI is InChI=1S/C20H22F3N3O4S/c1-30-16-7-6-12(20(21,22)23)10-14(16)24-17(28)11-31-18-13-4-2-5-15(13)26(8-3-9-27)19(29)25-18/h6-7,10,27H,2-5,8-9,11H2,1H3,(H,24,28). The lowest BCUT2D eigenvalue weighted by atomic mass is 10.2. The third-order valence-corrected chi connectivity index (χ3v) is 5.90. The fraction of sp³-hybridized carbons (Fsp3) is 0.450. The highest BCUT2D eigenvalue weighted by Gasteiger charge is 2.31. The van der Waals surface area contributed by atoms with Crippen LogP contribution in [-0.4, -0.2) is 40.0 Å². The topological polar surface area (TPSA) is 93.5 Å². The van der Waals surface area contributed by atoms with Gasteiger partial charge in [0.1, 0.15) is 10.8 Å². The Labute approximate surface area is 180 Å². The number of thioether (sulfide) groups is 1. The Bertz CT molecular complexity index is 1020. The number of fused-ring (bicyclic) bond motifs is 1. The molecule has 11 heteroatoms. The maximum Gasteiger partial charge on any atom is 0.416 e. The van der Waals surface area contributed by atoms with Crippen LogP contribution < -0.4 is 15.7 Å². The molecule has 2 aromatic rings. The van der Waals surface area contributed by atoms with Gasteiger partial charge in [-0.2, -0.15) is 18.2 Å². The number of aliphatic hydroxyl groups is 1. The quantitative estimate of drug-likeness (QED) is 0.468. The predicted octanol–water partition coefficient (Wildman–Crippen LogP) is 2.87. The van der Waals surface area contributed by atoms with E-state index in [-0.39, 0.29) is 23.8 Å². The SMILES string of the molecule is COc1ccc(C(F)(F)F)cc1NC(=O)CSc1nc(=O)n(CCCO)c2c1CCC2. The van der Waals surface area contributed by atoms with Gasteiger partial charge in [0.05, 0.1) is 24.1 Å². The summed E-state index contributed by atoms with van der Waals surface area (Å²) >= 11 is 1.07. The van der Waals surface area contributed by atoms with E-state index < -0.39 is 23.3 Å². The Morgan fingerprint density at radius 1 is 1.35 bits per heavy atom. The molecule has 168 valence electrons. The first-order chi connectivity index (χ1) is 14.7. The maximum absolute atomic E-state index is 13.0. The number of nitrogens with one attached hydrogen (secondary N) is 1. The van der Waals surface area contributed by atoms with Crippen molar-refractivity contribution in [3.63, 3.8) is 0 Å². The summed E-state index contributed by atoms with van der Waals surface area (Å²) in [6.45, 7) is 0.350. The van der Waals surface area contributed by atoms with Crippen LogP contribution >= 0.6 is 11.8 Å². The van der Waals surface area contributed by atoms with Crippen LogP contribution in [-0.2, 0) is 30.4 Å². The molecule has 2 N–H and O–H groups in total. The van der Waals surface area contributed by atoms with E-state index in [1.54, 1.807) is 4.57 Å². The number of anilines is 1. The number of rotatable bonds is 8. The van der Waals surface area contributed by atoms with Crippen LogP contribution in [0.25, 0.3) is 0 Å². The second kappa shape index (κ2) is 9.73. The van der Waals surface area contributed by atoms with Crippen LogP contribution in [0.1, 0.15) is 29.7 Å². The molecule has 0 bridgehead atoms. The van der Waals surface area contributed by atoms with Crippen molar-refractivity contribution >= 4 is 23.4 Å². The number of halogens is 3. The predicted molar refractivity (Wildman–Crippen MR) is 110 cm³/mol. The van der Waals surface area contributed by atoms with E-state index in [0.29, 0.717) is 18.0 Å². The number of alkyl halides is 3. The number of benzene rings is 1. The van der Waals surface area contributed by atoms with E-state index in [0.717, 1.165) is 60.5 Å². The summed E-state index contributed by atoms with van der Waals surface area (Å²) < 4.78 is 45.5. The number of carbonyl (C=O) groups excluding carboxylic acids is 1. The van der Waals surface area contributed by atoms with Crippen LogP contribution in [0.4, 0.5) is 18.9 Å².